The van der Waals surface area contributed by atoms with Crippen LogP contribution in [0.25, 0.3) is 0 Å². The van der Waals surface area contributed by atoms with Gasteiger partial charge < -0.3 is 15.2 Å². The van der Waals surface area contributed by atoms with Crippen molar-refractivity contribution >= 4 is 21.7 Å². The molecule has 0 aliphatic carbocycles. The molecule has 1 fully saturated rings. The molecule has 3 atom stereocenters. The molecule has 7 heteroatoms. The summed E-state index contributed by atoms with van der Waals surface area (Å²) in [7, 11) is 2.01. The summed E-state index contributed by atoms with van der Waals surface area (Å²) < 4.78 is 6.34. The van der Waals surface area contributed by atoms with Crippen LogP contribution in [0, 0.1) is 11.3 Å². The summed E-state index contributed by atoms with van der Waals surface area (Å²) >= 11 is 3.55. The number of likely N-dealkylation sites (N-methyl/N-ethyl adjacent to an activating group) is 1. The van der Waals surface area contributed by atoms with E-state index in [9.17, 15) is 5.11 Å². The van der Waals surface area contributed by atoms with E-state index in [1.54, 1.807) is 6.20 Å². The molecule has 21 heavy (non-hydrogen) atoms. The number of halogens is 1. The number of nitrogens with one attached hydrogen (secondary N) is 1. The van der Waals surface area contributed by atoms with Crippen LogP contribution >= 0.6 is 15.9 Å². The van der Waals surface area contributed by atoms with Crippen molar-refractivity contribution in [3.8, 4) is 11.8 Å². The minimum absolute atomic E-state index is 0.247. The SMILES string of the molecule is CN1C[C@@H](O)C[C@@H]1CNc1ncc2c(c1Br)CC(C#N)O2. The molecule has 1 aromatic rings. The first kappa shape index (κ1) is 14.6. The second-order valence-electron chi connectivity index (χ2n) is 5.57. The number of aliphatic hydroxyl groups excluding tert-OH is 1. The Kier molecular flexibility index (Phi) is 4.02. The predicted molar refractivity (Wildman–Crippen MR) is 81.2 cm³/mol. The summed E-state index contributed by atoms with van der Waals surface area (Å²) in [4.78, 5) is 6.50. The molecule has 1 unspecified atom stereocenters. The quantitative estimate of drug-likeness (QED) is 0.849. The highest BCUT2D eigenvalue weighted by Crippen LogP contribution is 2.37. The van der Waals surface area contributed by atoms with E-state index in [-0.39, 0.29) is 6.10 Å². The minimum Gasteiger partial charge on any atom is -0.473 e. The molecule has 3 rings (SSSR count). The maximum Gasteiger partial charge on any atom is 0.188 e. The Hall–Kier alpha value is -1.36. The molecule has 0 bridgehead atoms. The molecule has 112 valence electrons. The lowest BCUT2D eigenvalue weighted by molar-refractivity contribution is 0.182. The van der Waals surface area contributed by atoms with Gasteiger partial charge in [-0.2, -0.15) is 5.26 Å². The summed E-state index contributed by atoms with van der Waals surface area (Å²) in [5, 5.41) is 21.9. The lowest BCUT2D eigenvalue weighted by Crippen LogP contribution is -2.31. The Labute approximate surface area is 131 Å². The second-order valence-corrected chi connectivity index (χ2v) is 6.36. The first-order valence-corrected chi connectivity index (χ1v) is 7.73. The Morgan fingerprint density at radius 3 is 3.14 bits per heavy atom. The molecular formula is C14H17BrN4O2. The summed E-state index contributed by atoms with van der Waals surface area (Å²) in [6, 6.07) is 2.42. The number of hydrogen-bond donors (Lipinski definition) is 2. The van der Waals surface area contributed by atoms with Gasteiger partial charge in [0.05, 0.1) is 16.8 Å². The van der Waals surface area contributed by atoms with Gasteiger partial charge in [-0.1, -0.05) is 0 Å². The molecule has 2 aliphatic rings. The Bertz CT molecular complexity index is 589. The number of aliphatic hydroxyl groups is 1. The number of pyridine rings is 1. The third-order valence-corrected chi connectivity index (χ3v) is 4.91. The summed E-state index contributed by atoms with van der Waals surface area (Å²) in [5.74, 6) is 1.43. The van der Waals surface area contributed by atoms with Gasteiger partial charge in [0.15, 0.2) is 6.10 Å². The molecule has 0 spiro atoms. The highest BCUT2D eigenvalue weighted by molar-refractivity contribution is 9.10. The van der Waals surface area contributed by atoms with E-state index in [1.165, 1.54) is 0 Å². The number of rotatable bonds is 3. The summed E-state index contributed by atoms with van der Waals surface area (Å²) in [5.41, 5.74) is 0.985. The number of anilines is 1. The fraction of sp³-hybridized carbons (Fsp3) is 0.571. The number of nitrogens with zero attached hydrogens (tertiary/aromatic N) is 3. The summed E-state index contributed by atoms with van der Waals surface area (Å²) in [6.07, 6.45) is 2.33. The molecule has 0 aromatic carbocycles. The van der Waals surface area contributed by atoms with Crippen LogP contribution in [0.1, 0.15) is 12.0 Å². The number of nitriles is 1. The third-order valence-electron chi connectivity index (χ3n) is 4.06. The van der Waals surface area contributed by atoms with Gasteiger partial charge in [-0.05, 0) is 29.4 Å². The highest BCUT2D eigenvalue weighted by Gasteiger charge is 2.29. The molecule has 0 saturated carbocycles. The van der Waals surface area contributed by atoms with Crippen molar-refractivity contribution < 1.29 is 9.84 Å². The Morgan fingerprint density at radius 2 is 2.48 bits per heavy atom. The van der Waals surface area contributed by atoms with Gasteiger partial charge in [0.25, 0.3) is 0 Å². The molecule has 1 aromatic heterocycles. The van der Waals surface area contributed by atoms with Gasteiger partial charge in [-0.25, -0.2) is 4.98 Å². The second kappa shape index (κ2) is 5.79. The van der Waals surface area contributed by atoms with E-state index >= 15 is 0 Å². The van der Waals surface area contributed by atoms with Crippen LogP contribution in [-0.4, -0.2) is 53.4 Å². The van der Waals surface area contributed by atoms with E-state index < -0.39 is 6.10 Å². The fourth-order valence-corrected chi connectivity index (χ4v) is 3.48. The van der Waals surface area contributed by atoms with E-state index in [0.29, 0.717) is 24.8 Å². The number of likely N-dealkylation sites (tertiary alicyclic amines) is 1. The fourth-order valence-electron chi connectivity index (χ4n) is 2.88. The minimum atomic E-state index is -0.426. The van der Waals surface area contributed by atoms with Crippen molar-refractivity contribution in [1.82, 2.24) is 9.88 Å². The van der Waals surface area contributed by atoms with Crippen LogP contribution in [0.4, 0.5) is 5.82 Å². The zero-order chi connectivity index (χ0) is 15.0. The van der Waals surface area contributed by atoms with E-state index in [1.807, 2.05) is 7.05 Å². The molecule has 0 radical (unpaired) electrons. The smallest absolute Gasteiger partial charge is 0.188 e. The maximum absolute atomic E-state index is 9.66. The average molecular weight is 353 g/mol. The largest absolute Gasteiger partial charge is 0.473 e. The van der Waals surface area contributed by atoms with E-state index in [4.69, 9.17) is 10.00 Å². The zero-order valence-electron chi connectivity index (χ0n) is 11.7. The first-order valence-electron chi connectivity index (χ1n) is 6.94. The lowest BCUT2D eigenvalue weighted by atomic mass is 10.1. The Balaban J connectivity index is 1.69. The van der Waals surface area contributed by atoms with Gasteiger partial charge in [0.1, 0.15) is 17.6 Å². The van der Waals surface area contributed by atoms with Crippen LogP contribution in [0.3, 0.4) is 0 Å². The molecular weight excluding hydrogens is 336 g/mol. The molecule has 2 N–H and O–H groups in total. The van der Waals surface area contributed by atoms with Gasteiger partial charge >= 0.3 is 0 Å². The van der Waals surface area contributed by atoms with Crippen molar-refractivity contribution in [2.24, 2.45) is 0 Å². The maximum atomic E-state index is 9.66. The molecule has 0 amide bonds. The van der Waals surface area contributed by atoms with E-state index in [0.717, 1.165) is 28.8 Å². The van der Waals surface area contributed by atoms with Crippen LogP contribution in [0.5, 0.6) is 5.75 Å². The van der Waals surface area contributed by atoms with Gasteiger partial charge in [0, 0.05) is 31.1 Å². The molecule has 6 nitrogen and oxygen atoms in total. The van der Waals surface area contributed by atoms with Gasteiger partial charge in [0.2, 0.25) is 0 Å². The third kappa shape index (κ3) is 2.84. The van der Waals surface area contributed by atoms with Crippen molar-refractivity contribution in [2.75, 3.05) is 25.5 Å². The van der Waals surface area contributed by atoms with E-state index in [2.05, 4.69) is 37.2 Å². The monoisotopic (exact) mass is 352 g/mol. The molecule has 1 saturated heterocycles. The number of aromatic nitrogens is 1. The lowest BCUT2D eigenvalue weighted by Gasteiger charge is -2.20. The predicted octanol–water partition coefficient (Wildman–Crippen LogP) is 1.15. The number of fused-ring (bicyclic) bond motifs is 1. The summed E-state index contributed by atoms with van der Waals surface area (Å²) in [6.45, 7) is 1.43. The van der Waals surface area contributed by atoms with Crippen molar-refractivity contribution in [3.05, 3.63) is 16.2 Å². The van der Waals surface area contributed by atoms with Crippen molar-refractivity contribution in [2.45, 2.75) is 31.1 Å². The van der Waals surface area contributed by atoms with Gasteiger partial charge in [-0.3, -0.25) is 4.90 Å². The standard InChI is InChI=1S/C14H17BrN4O2/c1-19-7-9(20)2-8(19)5-17-14-13(15)11-3-10(4-16)21-12(11)6-18-14/h6,8-10,20H,2-3,5,7H2,1H3,(H,17,18)/t8-,9+,10?/m1/s1. The number of β-amino-alcohol motifs (C(OH)–C–C–N with tert-alkyl or cyclic N) is 1. The van der Waals surface area contributed by atoms with Crippen LogP contribution in [0.2, 0.25) is 0 Å². The highest BCUT2D eigenvalue weighted by atomic mass is 79.9. The first-order chi connectivity index (χ1) is 10.1. The Morgan fingerprint density at radius 1 is 1.67 bits per heavy atom. The average Bonchev–Trinajstić information content (AvgIpc) is 3.01. The van der Waals surface area contributed by atoms with Crippen LogP contribution in [-0.2, 0) is 6.42 Å². The van der Waals surface area contributed by atoms with Crippen molar-refractivity contribution in [3.63, 3.8) is 0 Å². The number of hydrogen-bond acceptors (Lipinski definition) is 6. The van der Waals surface area contributed by atoms with Crippen LogP contribution in [0.15, 0.2) is 10.7 Å². The topological polar surface area (TPSA) is 81.4 Å². The molecule has 3 heterocycles. The van der Waals surface area contributed by atoms with Crippen molar-refractivity contribution in [1.29, 1.82) is 5.26 Å². The van der Waals surface area contributed by atoms with Gasteiger partial charge in [-0.15, -0.1) is 0 Å². The molecule has 2 aliphatic heterocycles. The number of ether oxygens (including phenoxy) is 1. The van der Waals surface area contributed by atoms with Crippen LogP contribution < -0.4 is 10.1 Å². The zero-order valence-corrected chi connectivity index (χ0v) is 13.3. The normalized spacial score (nSPS) is 28.0.